The summed E-state index contributed by atoms with van der Waals surface area (Å²) in [4.78, 5) is 24.2. The highest BCUT2D eigenvalue weighted by Gasteiger charge is 2.27. The number of carbonyl (C=O) groups excluding carboxylic acids is 2. The number of rotatable bonds is 8. The van der Waals surface area contributed by atoms with Crippen LogP contribution < -0.4 is 0 Å². The van der Waals surface area contributed by atoms with Crippen molar-refractivity contribution >= 4 is 11.9 Å². The molecule has 6 nitrogen and oxygen atoms in total. The summed E-state index contributed by atoms with van der Waals surface area (Å²) in [6, 6.07) is 0. The minimum Gasteiger partial charge on any atom is -0.436 e. The van der Waals surface area contributed by atoms with E-state index in [-0.39, 0.29) is 23.8 Å². The summed E-state index contributed by atoms with van der Waals surface area (Å²) in [6.07, 6.45) is 8.26. The van der Waals surface area contributed by atoms with Crippen molar-refractivity contribution in [3.63, 3.8) is 0 Å². The number of esters is 2. The molecular weight excluding hydrogens is 336 g/mol. The molecule has 0 aliphatic heterocycles. The highest BCUT2D eigenvalue weighted by molar-refractivity contribution is 5.73. The molecular formula is C20H34O6. The fourth-order valence-corrected chi connectivity index (χ4v) is 3.82. The molecule has 2 fully saturated rings. The summed E-state index contributed by atoms with van der Waals surface area (Å²) in [5.41, 5.74) is 0. The lowest BCUT2D eigenvalue weighted by molar-refractivity contribution is -0.272. The zero-order valence-electron chi connectivity index (χ0n) is 16.4. The third-order valence-electron chi connectivity index (χ3n) is 5.21. The molecule has 26 heavy (non-hydrogen) atoms. The molecule has 2 atom stereocenters. The second-order valence-corrected chi connectivity index (χ2v) is 7.52. The molecule has 0 bridgehead atoms. The molecule has 2 aliphatic rings. The maximum absolute atomic E-state index is 12.1. The van der Waals surface area contributed by atoms with Gasteiger partial charge in [0.25, 0.3) is 0 Å². The molecule has 150 valence electrons. The molecule has 0 aromatic carbocycles. The molecule has 0 saturated heterocycles. The average Bonchev–Trinajstić information content (AvgIpc) is 2.62. The number of carbonyl (C=O) groups is 2. The Hall–Kier alpha value is -1.14. The van der Waals surface area contributed by atoms with E-state index in [1.165, 1.54) is 12.8 Å². The third-order valence-corrected chi connectivity index (χ3v) is 5.21. The van der Waals surface area contributed by atoms with E-state index in [1.54, 1.807) is 20.8 Å². The molecule has 0 heterocycles. The predicted octanol–water partition coefficient (Wildman–Crippen LogP) is 4.30. The second kappa shape index (κ2) is 10.9. The molecule has 2 saturated carbocycles. The summed E-state index contributed by atoms with van der Waals surface area (Å²) in [6.45, 7) is 5.06. The van der Waals surface area contributed by atoms with E-state index in [0.717, 1.165) is 51.4 Å². The third kappa shape index (κ3) is 7.23. The normalized spacial score (nSPS) is 23.0. The van der Waals surface area contributed by atoms with E-state index in [4.69, 9.17) is 18.9 Å². The summed E-state index contributed by atoms with van der Waals surface area (Å²) in [5, 5.41) is 0. The van der Waals surface area contributed by atoms with Crippen LogP contribution in [0.3, 0.4) is 0 Å². The monoisotopic (exact) mass is 370 g/mol. The van der Waals surface area contributed by atoms with E-state index >= 15 is 0 Å². The molecule has 2 rings (SSSR count). The highest BCUT2D eigenvalue weighted by Crippen LogP contribution is 2.26. The molecule has 2 aliphatic carbocycles. The van der Waals surface area contributed by atoms with Crippen molar-refractivity contribution in [2.45, 2.75) is 104 Å². The largest absolute Gasteiger partial charge is 0.436 e. The molecule has 0 amide bonds. The quantitative estimate of drug-likeness (QED) is 0.468. The van der Waals surface area contributed by atoms with Crippen LogP contribution in [0.1, 0.15) is 85.0 Å². The van der Waals surface area contributed by atoms with E-state index in [0.29, 0.717) is 0 Å². The van der Waals surface area contributed by atoms with Crippen LogP contribution in [0, 0.1) is 11.8 Å². The van der Waals surface area contributed by atoms with Gasteiger partial charge in [0.1, 0.15) is 0 Å². The second-order valence-electron chi connectivity index (χ2n) is 7.52. The minimum absolute atomic E-state index is 0.0126. The Morgan fingerprint density at radius 1 is 0.615 bits per heavy atom. The molecule has 2 unspecified atom stereocenters. The van der Waals surface area contributed by atoms with Crippen LogP contribution >= 0.6 is 0 Å². The van der Waals surface area contributed by atoms with Gasteiger partial charge in [-0.25, -0.2) is 0 Å². The lowest BCUT2D eigenvalue weighted by Gasteiger charge is -2.26. The van der Waals surface area contributed by atoms with Crippen molar-refractivity contribution in [2.75, 3.05) is 0 Å². The zero-order valence-corrected chi connectivity index (χ0v) is 16.4. The van der Waals surface area contributed by atoms with Gasteiger partial charge in [-0.3, -0.25) is 9.59 Å². The van der Waals surface area contributed by atoms with Crippen LogP contribution in [0.5, 0.6) is 0 Å². The molecule has 0 aromatic rings. The van der Waals surface area contributed by atoms with Crippen LogP contribution in [0.2, 0.25) is 0 Å². The van der Waals surface area contributed by atoms with Gasteiger partial charge in [-0.1, -0.05) is 38.5 Å². The molecule has 0 N–H and O–H groups in total. The van der Waals surface area contributed by atoms with Crippen LogP contribution in [0.25, 0.3) is 0 Å². The predicted molar refractivity (Wildman–Crippen MR) is 95.9 cm³/mol. The minimum atomic E-state index is -0.694. The molecule has 0 radical (unpaired) electrons. The Morgan fingerprint density at radius 2 is 0.962 bits per heavy atom. The van der Waals surface area contributed by atoms with Crippen molar-refractivity contribution in [1.82, 2.24) is 0 Å². The van der Waals surface area contributed by atoms with Gasteiger partial charge in [0, 0.05) is 0 Å². The van der Waals surface area contributed by atoms with Gasteiger partial charge in [0.05, 0.1) is 11.8 Å². The Kier molecular flexibility index (Phi) is 8.85. The van der Waals surface area contributed by atoms with Gasteiger partial charge in [-0.05, 0) is 46.5 Å². The summed E-state index contributed by atoms with van der Waals surface area (Å²) < 4.78 is 21.8. The topological polar surface area (TPSA) is 71.1 Å². The maximum Gasteiger partial charge on any atom is 0.311 e. The Labute approximate surface area is 156 Å². The van der Waals surface area contributed by atoms with Crippen molar-refractivity contribution < 1.29 is 28.5 Å². The van der Waals surface area contributed by atoms with Crippen LogP contribution in [-0.4, -0.2) is 30.8 Å². The average molecular weight is 370 g/mol. The first-order valence-corrected chi connectivity index (χ1v) is 10.2. The smallest absolute Gasteiger partial charge is 0.311 e. The Bertz CT molecular complexity index is 400. The molecule has 0 aromatic heterocycles. The first kappa shape index (κ1) is 21.2. The summed E-state index contributed by atoms with van der Waals surface area (Å²) in [7, 11) is 0. The first-order valence-electron chi connectivity index (χ1n) is 10.2. The Morgan fingerprint density at radius 3 is 1.31 bits per heavy atom. The van der Waals surface area contributed by atoms with Crippen molar-refractivity contribution in [2.24, 2.45) is 11.8 Å². The highest BCUT2D eigenvalue weighted by atomic mass is 16.8. The van der Waals surface area contributed by atoms with Crippen LogP contribution in [0.4, 0.5) is 0 Å². The number of hydrogen-bond acceptors (Lipinski definition) is 6. The molecule has 6 heteroatoms. The van der Waals surface area contributed by atoms with Gasteiger partial charge < -0.3 is 18.9 Å². The van der Waals surface area contributed by atoms with E-state index < -0.39 is 18.9 Å². The maximum atomic E-state index is 12.1. The van der Waals surface area contributed by atoms with E-state index in [9.17, 15) is 9.59 Å². The van der Waals surface area contributed by atoms with Crippen molar-refractivity contribution in [1.29, 1.82) is 0 Å². The summed E-state index contributed by atoms with van der Waals surface area (Å²) in [5.74, 6) is -0.412. The van der Waals surface area contributed by atoms with Gasteiger partial charge in [0.2, 0.25) is 12.6 Å². The number of hydrogen-bond donors (Lipinski definition) is 0. The van der Waals surface area contributed by atoms with Crippen LogP contribution in [0.15, 0.2) is 0 Å². The van der Waals surface area contributed by atoms with Crippen molar-refractivity contribution in [3.05, 3.63) is 0 Å². The Balaban J connectivity index is 1.65. The lowest BCUT2D eigenvalue weighted by atomic mass is 9.89. The summed E-state index contributed by atoms with van der Waals surface area (Å²) >= 11 is 0. The zero-order chi connectivity index (χ0) is 18.9. The van der Waals surface area contributed by atoms with Gasteiger partial charge in [0.15, 0.2) is 6.29 Å². The van der Waals surface area contributed by atoms with E-state index in [2.05, 4.69) is 0 Å². The molecule has 0 spiro atoms. The standard InChI is InChI=1S/C20H34O6/c1-14(23-15(2)25-19(21)17-10-6-4-7-11-17)24-16(3)26-20(22)18-12-8-5-9-13-18/h14-18H,4-13H2,1-3H3. The number of ether oxygens (including phenoxy) is 4. The van der Waals surface area contributed by atoms with Gasteiger partial charge in [-0.15, -0.1) is 0 Å². The fourth-order valence-electron chi connectivity index (χ4n) is 3.82. The van der Waals surface area contributed by atoms with Gasteiger partial charge >= 0.3 is 11.9 Å². The fraction of sp³-hybridized carbons (Fsp3) is 0.900. The first-order chi connectivity index (χ1) is 12.5. The van der Waals surface area contributed by atoms with Crippen molar-refractivity contribution in [3.8, 4) is 0 Å². The van der Waals surface area contributed by atoms with E-state index in [1.807, 2.05) is 0 Å². The van der Waals surface area contributed by atoms with Gasteiger partial charge in [-0.2, -0.15) is 0 Å². The van der Waals surface area contributed by atoms with Crippen LogP contribution in [-0.2, 0) is 28.5 Å². The SMILES string of the molecule is CC(OC(=O)C1CCCCC1)OC(C)OC(C)OC(=O)C1CCCCC1. The lowest BCUT2D eigenvalue weighted by Crippen LogP contribution is -2.32.